The summed E-state index contributed by atoms with van der Waals surface area (Å²) in [5, 5.41) is 6.89. The SMILES string of the molecule is CNC(=O)CC1CCN(CCCn2cccn2)C1. The van der Waals surface area contributed by atoms with E-state index >= 15 is 0 Å². The Labute approximate surface area is 108 Å². The Kier molecular flexibility index (Phi) is 4.75. The predicted molar refractivity (Wildman–Crippen MR) is 70.1 cm³/mol. The Balaban J connectivity index is 1.62. The summed E-state index contributed by atoms with van der Waals surface area (Å²) < 4.78 is 1.97. The van der Waals surface area contributed by atoms with Crippen LogP contribution in [0.1, 0.15) is 19.3 Å². The fraction of sp³-hybridized carbons (Fsp3) is 0.692. The molecule has 18 heavy (non-hydrogen) atoms. The van der Waals surface area contributed by atoms with E-state index in [1.807, 2.05) is 23.1 Å². The highest BCUT2D eigenvalue weighted by Crippen LogP contribution is 2.19. The maximum absolute atomic E-state index is 11.3. The summed E-state index contributed by atoms with van der Waals surface area (Å²) in [6, 6.07) is 1.95. The third-order valence-corrected chi connectivity index (χ3v) is 3.54. The van der Waals surface area contributed by atoms with Crippen molar-refractivity contribution in [3.63, 3.8) is 0 Å². The van der Waals surface area contributed by atoms with Gasteiger partial charge in [-0.2, -0.15) is 5.10 Å². The summed E-state index contributed by atoms with van der Waals surface area (Å²) in [7, 11) is 1.71. The Hall–Kier alpha value is -1.36. The van der Waals surface area contributed by atoms with Crippen molar-refractivity contribution in [3.8, 4) is 0 Å². The minimum absolute atomic E-state index is 0.165. The van der Waals surface area contributed by atoms with E-state index in [1.54, 1.807) is 7.05 Å². The second-order valence-corrected chi connectivity index (χ2v) is 4.96. The van der Waals surface area contributed by atoms with Gasteiger partial charge in [-0.25, -0.2) is 0 Å². The van der Waals surface area contributed by atoms with Gasteiger partial charge in [-0.1, -0.05) is 0 Å². The number of hydrogen-bond acceptors (Lipinski definition) is 3. The average Bonchev–Trinajstić information content (AvgIpc) is 3.01. The summed E-state index contributed by atoms with van der Waals surface area (Å²) in [6.07, 6.45) is 6.75. The number of carbonyl (C=O) groups excluding carboxylic acids is 1. The van der Waals surface area contributed by atoms with E-state index in [9.17, 15) is 4.79 Å². The van der Waals surface area contributed by atoms with Crippen LogP contribution >= 0.6 is 0 Å². The summed E-state index contributed by atoms with van der Waals surface area (Å²) >= 11 is 0. The van der Waals surface area contributed by atoms with Gasteiger partial charge < -0.3 is 10.2 Å². The molecule has 0 spiro atoms. The van der Waals surface area contributed by atoms with E-state index in [0.29, 0.717) is 12.3 Å². The van der Waals surface area contributed by atoms with Crippen molar-refractivity contribution >= 4 is 5.91 Å². The first kappa shape index (κ1) is 13.1. The zero-order chi connectivity index (χ0) is 12.8. The van der Waals surface area contributed by atoms with Crippen molar-refractivity contribution < 1.29 is 4.79 Å². The number of hydrogen-bond donors (Lipinski definition) is 1. The maximum Gasteiger partial charge on any atom is 0.220 e. The number of nitrogens with one attached hydrogen (secondary N) is 1. The molecule has 0 radical (unpaired) electrons. The normalized spacial score (nSPS) is 20.2. The quantitative estimate of drug-likeness (QED) is 0.810. The van der Waals surface area contributed by atoms with Crippen LogP contribution in [0, 0.1) is 5.92 Å². The van der Waals surface area contributed by atoms with Crippen LogP contribution < -0.4 is 5.32 Å². The highest BCUT2D eigenvalue weighted by Gasteiger charge is 2.23. The van der Waals surface area contributed by atoms with Gasteiger partial charge in [0.1, 0.15) is 0 Å². The zero-order valence-corrected chi connectivity index (χ0v) is 11.0. The summed E-state index contributed by atoms with van der Waals surface area (Å²) in [5.74, 6) is 0.702. The molecule has 1 fully saturated rings. The third-order valence-electron chi connectivity index (χ3n) is 3.54. The average molecular weight is 250 g/mol. The van der Waals surface area contributed by atoms with Crippen molar-refractivity contribution in [1.29, 1.82) is 0 Å². The molecule has 1 atom stereocenters. The molecule has 0 saturated carbocycles. The molecule has 1 aliphatic heterocycles. The molecule has 2 heterocycles. The van der Waals surface area contributed by atoms with Crippen LogP contribution in [0.25, 0.3) is 0 Å². The van der Waals surface area contributed by atoms with Gasteiger partial charge in [0.15, 0.2) is 0 Å². The molecule has 1 aromatic heterocycles. The Morgan fingerprint density at radius 3 is 3.11 bits per heavy atom. The molecule has 1 saturated heterocycles. The van der Waals surface area contributed by atoms with Gasteiger partial charge in [0, 0.05) is 39.0 Å². The van der Waals surface area contributed by atoms with E-state index in [0.717, 1.165) is 39.0 Å². The van der Waals surface area contributed by atoms with Gasteiger partial charge >= 0.3 is 0 Å². The van der Waals surface area contributed by atoms with E-state index in [1.165, 1.54) is 0 Å². The van der Waals surface area contributed by atoms with E-state index in [-0.39, 0.29) is 5.91 Å². The van der Waals surface area contributed by atoms with Crippen LogP contribution in [-0.2, 0) is 11.3 Å². The fourth-order valence-electron chi connectivity index (χ4n) is 2.54. The van der Waals surface area contributed by atoms with Crippen LogP contribution in [0.15, 0.2) is 18.5 Å². The summed E-state index contributed by atoms with van der Waals surface area (Å²) in [5.41, 5.74) is 0. The summed E-state index contributed by atoms with van der Waals surface area (Å²) in [4.78, 5) is 13.8. The number of nitrogens with zero attached hydrogens (tertiary/aromatic N) is 3. The molecule has 0 aromatic carbocycles. The highest BCUT2D eigenvalue weighted by molar-refractivity contribution is 5.75. The molecule has 1 amide bonds. The van der Waals surface area contributed by atoms with E-state index in [2.05, 4.69) is 15.3 Å². The summed E-state index contributed by atoms with van der Waals surface area (Å²) in [6.45, 7) is 4.26. The number of rotatable bonds is 6. The van der Waals surface area contributed by atoms with Crippen molar-refractivity contribution in [2.45, 2.75) is 25.8 Å². The van der Waals surface area contributed by atoms with Gasteiger partial charge in [0.25, 0.3) is 0 Å². The van der Waals surface area contributed by atoms with Crippen LogP contribution in [-0.4, -0.2) is 47.3 Å². The maximum atomic E-state index is 11.3. The molecule has 5 nitrogen and oxygen atoms in total. The molecular formula is C13H22N4O. The zero-order valence-electron chi connectivity index (χ0n) is 11.0. The molecule has 1 aliphatic rings. The van der Waals surface area contributed by atoms with Gasteiger partial charge in [-0.05, 0) is 37.9 Å². The number of aromatic nitrogens is 2. The van der Waals surface area contributed by atoms with Gasteiger partial charge in [-0.3, -0.25) is 9.48 Å². The smallest absolute Gasteiger partial charge is 0.220 e. The Morgan fingerprint density at radius 2 is 2.39 bits per heavy atom. The number of carbonyl (C=O) groups is 1. The first-order chi connectivity index (χ1) is 8.78. The monoisotopic (exact) mass is 250 g/mol. The van der Waals surface area contributed by atoms with Crippen LogP contribution in [0.2, 0.25) is 0 Å². The van der Waals surface area contributed by atoms with Gasteiger partial charge in [-0.15, -0.1) is 0 Å². The molecule has 1 aromatic rings. The fourth-order valence-corrected chi connectivity index (χ4v) is 2.54. The molecule has 1 N–H and O–H groups in total. The molecule has 0 aliphatic carbocycles. The van der Waals surface area contributed by atoms with Crippen LogP contribution in [0.3, 0.4) is 0 Å². The standard InChI is InChI=1S/C13H22N4O/c1-14-13(18)10-12-4-9-16(11-12)6-3-8-17-7-2-5-15-17/h2,5,7,12H,3-4,6,8-11H2,1H3,(H,14,18). The highest BCUT2D eigenvalue weighted by atomic mass is 16.1. The minimum atomic E-state index is 0.165. The first-order valence-corrected chi connectivity index (χ1v) is 6.68. The second kappa shape index (κ2) is 6.54. The molecule has 2 rings (SSSR count). The molecule has 5 heteroatoms. The van der Waals surface area contributed by atoms with Crippen molar-refractivity contribution in [3.05, 3.63) is 18.5 Å². The second-order valence-electron chi connectivity index (χ2n) is 4.96. The van der Waals surface area contributed by atoms with Gasteiger partial charge in [0.05, 0.1) is 0 Å². The number of likely N-dealkylation sites (tertiary alicyclic amines) is 1. The number of aryl methyl sites for hydroxylation is 1. The first-order valence-electron chi connectivity index (χ1n) is 6.68. The number of amides is 1. The predicted octanol–water partition coefficient (Wildman–Crippen LogP) is 0.731. The largest absolute Gasteiger partial charge is 0.359 e. The Morgan fingerprint density at radius 1 is 1.50 bits per heavy atom. The lowest BCUT2D eigenvalue weighted by atomic mass is 10.1. The lowest BCUT2D eigenvalue weighted by Gasteiger charge is -2.15. The van der Waals surface area contributed by atoms with Gasteiger partial charge in [0.2, 0.25) is 5.91 Å². The molecule has 100 valence electrons. The molecule has 0 bridgehead atoms. The third kappa shape index (κ3) is 3.84. The Bertz CT molecular complexity index is 363. The molecule has 1 unspecified atom stereocenters. The van der Waals surface area contributed by atoms with E-state index < -0.39 is 0 Å². The van der Waals surface area contributed by atoms with Crippen molar-refractivity contribution in [1.82, 2.24) is 20.0 Å². The lowest BCUT2D eigenvalue weighted by Crippen LogP contribution is -2.25. The molecular weight excluding hydrogens is 228 g/mol. The van der Waals surface area contributed by atoms with Crippen molar-refractivity contribution in [2.24, 2.45) is 5.92 Å². The topological polar surface area (TPSA) is 50.2 Å². The van der Waals surface area contributed by atoms with Crippen molar-refractivity contribution in [2.75, 3.05) is 26.7 Å². The van der Waals surface area contributed by atoms with Crippen LogP contribution in [0.5, 0.6) is 0 Å². The lowest BCUT2D eigenvalue weighted by molar-refractivity contribution is -0.121. The van der Waals surface area contributed by atoms with Crippen LogP contribution in [0.4, 0.5) is 0 Å². The van der Waals surface area contributed by atoms with E-state index in [4.69, 9.17) is 0 Å². The minimum Gasteiger partial charge on any atom is -0.359 e.